The molecule has 0 saturated heterocycles. The first-order valence-corrected chi connectivity index (χ1v) is 4.68. The van der Waals surface area contributed by atoms with Gasteiger partial charge in [0.1, 0.15) is 0 Å². The monoisotopic (exact) mass is 213 g/mol. The quantitative estimate of drug-likeness (QED) is 0.805. The molecule has 0 aliphatic heterocycles. The molecule has 0 amide bonds. The molecule has 1 atom stereocenters. The standard InChI is InChI=1S/C10H12ClNO2/c1-7(12-6-10(13)14)8-3-2-4-9(11)5-8/h2-5,7,12H,6H2,1H3,(H,13,14). The van der Waals surface area contributed by atoms with Gasteiger partial charge in [-0.25, -0.2) is 0 Å². The van der Waals surface area contributed by atoms with Crippen LogP contribution in [0.25, 0.3) is 0 Å². The minimum Gasteiger partial charge on any atom is -0.480 e. The molecular weight excluding hydrogens is 202 g/mol. The Bertz CT molecular complexity index is 328. The van der Waals surface area contributed by atoms with E-state index in [2.05, 4.69) is 5.32 Å². The molecule has 1 aromatic carbocycles. The number of benzene rings is 1. The van der Waals surface area contributed by atoms with E-state index < -0.39 is 5.97 Å². The Hall–Kier alpha value is -1.06. The molecule has 1 unspecified atom stereocenters. The minimum atomic E-state index is -0.862. The van der Waals surface area contributed by atoms with Crippen molar-refractivity contribution in [1.29, 1.82) is 0 Å². The predicted octanol–water partition coefficient (Wildman–Crippen LogP) is 2.08. The predicted molar refractivity (Wildman–Crippen MR) is 55.5 cm³/mol. The van der Waals surface area contributed by atoms with Crippen molar-refractivity contribution < 1.29 is 9.90 Å². The minimum absolute atomic E-state index is 0.00944. The van der Waals surface area contributed by atoms with E-state index >= 15 is 0 Å². The number of halogens is 1. The smallest absolute Gasteiger partial charge is 0.317 e. The zero-order valence-corrected chi connectivity index (χ0v) is 8.58. The number of nitrogens with one attached hydrogen (secondary N) is 1. The van der Waals surface area contributed by atoms with Gasteiger partial charge < -0.3 is 10.4 Å². The van der Waals surface area contributed by atoms with E-state index in [1.807, 2.05) is 25.1 Å². The highest BCUT2D eigenvalue weighted by atomic mass is 35.5. The lowest BCUT2D eigenvalue weighted by atomic mass is 10.1. The molecule has 0 bridgehead atoms. The van der Waals surface area contributed by atoms with Crippen LogP contribution in [0, 0.1) is 0 Å². The second-order valence-corrected chi connectivity index (χ2v) is 3.49. The number of hydrogen-bond acceptors (Lipinski definition) is 2. The third-order valence-electron chi connectivity index (χ3n) is 1.91. The molecule has 0 aliphatic carbocycles. The van der Waals surface area contributed by atoms with E-state index in [1.165, 1.54) is 0 Å². The van der Waals surface area contributed by atoms with Crippen LogP contribution in [0.1, 0.15) is 18.5 Å². The number of hydrogen-bond donors (Lipinski definition) is 2. The van der Waals surface area contributed by atoms with Crippen molar-refractivity contribution in [2.45, 2.75) is 13.0 Å². The van der Waals surface area contributed by atoms with E-state index in [1.54, 1.807) is 6.07 Å². The second kappa shape index (κ2) is 4.98. The van der Waals surface area contributed by atoms with Gasteiger partial charge in [0.05, 0.1) is 6.54 Å². The Morgan fingerprint density at radius 3 is 2.93 bits per heavy atom. The fourth-order valence-electron chi connectivity index (χ4n) is 1.13. The van der Waals surface area contributed by atoms with Crippen LogP contribution in [0.15, 0.2) is 24.3 Å². The van der Waals surface area contributed by atoms with Crippen LogP contribution in [0.2, 0.25) is 5.02 Å². The summed E-state index contributed by atoms with van der Waals surface area (Å²) in [4.78, 5) is 10.3. The summed E-state index contributed by atoms with van der Waals surface area (Å²) in [5.74, 6) is -0.862. The Morgan fingerprint density at radius 2 is 2.36 bits per heavy atom. The van der Waals surface area contributed by atoms with Gasteiger partial charge in [-0.2, -0.15) is 0 Å². The highest BCUT2D eigenvalue weighted by molar-refractivity contribution is 6.30. The van der Waals surface area contributed by atoms with Gasteiger partial charge in [0.15, 0.2) is 0 Å². The lowest BCUT2D eigenvalue weighted by molar-refractivity contribution is -0.136. The molecule has 14 heavy (non-hydrogen) atoms. The Kier molecular flexibility index (Phi) is 3.92. The number of rotatable bonds is 4. The summed E-state index contributed by atoms with van der Waals surface area (Å²) in [5, 5.41) is 12.0. The fourth-order valence-corrected chi connectivity index (χ4v) is 1.33. The maximum Gasteiger partial charge on any atom is 0.317 e. The lowest BCUT2D eigenvalue weighted by Gasteiger charge is -2.12. The van der Waals surface area contributed by atoms with Gasteiger partial charge in [-0.1, -0.05) is 23.7 Å². The summed E-state index contributed by atoms with van der Waals surface area (Å²) in [6, 6.07) is 7.35. The number of carboxylic acid groups (broad SMARTS) is 1. The molecule has 0 aliphatic rings. The summed E-state index contributed by atoms with van der Waals surface area (Å²) in [7, 11) is 0. The SMILES string of the molecule is CC(NCC(=O)O)c1cccc(Cl)c1. The van der Waals surface area contributed by atoms with E-state index in [4.69, 9.17) is 16.7 Å². The van der Waals surface area contributed by atoms with Crippen molar-refractivity contribution in [2.24, 2.45) is 0 Å². The third-order valence-corrected chi connectivity index (χ3v) is 2.14. The van der Waals surface area contributed by atoms with Crippen LogP contribution in [0.5, 0.6) is 0 Å². The van der Waals surface area contributed by atoms with Gasteiger partial charge in [0, 0.05) is 11.1 Å². The topological polar surface area (TPSA) is 49.3 Å². The molecule has 1 aromatic rings. The van der Waals surface area contributed by atoms with Crippen molar-refractivity contribution in [1.82, 2.24) is 5.32 Å². The molecule has 2 N–H and O–H groups in total. The molecule has 3 nitrogen and oxygen atoms in total. The number of carboxylic acids is 1. The third kappa shape index (κ3) is 3.36. The maximum absolute atomic E-state index is 10.3. The van der Waals surface area contributed by atoms with E-state index in [0.29, 0.717) is 5.02 Å². The van der Waals surface area contributed by atoms with E-state index in [0.717, 1.165) is 5.56 Å². The van der Waals surface area contributed by atoms with Crippen LogP contribution in [0.4, 0.5) is 0 Å². The lowest BCUT2D eigenvalue weighted by Crippen LogP contribution is -2.25. The highest BCUT2D eigenvalue weighted by Crippen LogP contribution is 2.16. The average Bonchev–Trinajstić information content (AvgIpc) is 2.14. The van der Waals surface area contributed by atoms with Crippen LogP contribution >= 0.6 is 11.6 Å². The summed E-state index contributed by atoms with van der Waals surface area (Å²) < 4.78 is 0. The molecule has 0 fully saturated rings. The number of carbonyl (C=O) groups is 1. The molecule has 4 heteroatoms. The van der Waals surface area contributed by atoms with Crippen LogP contribution in [-0.4, -0.2) is 17.6 Å². The maximum atomic E-state index is 10.3. The van der Waals surface area contributed by atoms with Gasteiger partial charge in [-0.3, -0.25) is 4.79 Å². The summed E-state index contributed by atoms with van der Waals surface area (Å²) in [5.41, 5.74) is 0.985. The van der Waals surface area contributed by atoms with Crippen LogP contribution < -0.4 is 5.32 Å². The average molecular weight is 214 g/mol. The molecule has 0 spiro atoms. The Labute approximate surface area is 87.7 Å². The van der Waals surface area contributed by atoms with Gasteiger partial charge >= 0.3 is 5.97 Å². The van der Waals surface area contributed by atoms with Crippen LogP contribution in [-0.2, 0) is 4.79 Å². The van der Waals surface area contributed by atoms with Gasteiger partial charge in [0.2, 0.25) is 0 Å². The fraction of sp³-hybridized carbons (Fsp3) is 0.300. The number of aliphatic carboxylic acids is 1. The first-order chi connectivity index (χ1) is 6.59. The molecule has 1 rings (SSSR count). The summed E-state index contributed by atoms with van der Waals surface area (Å²) >= 11 is 5.81. The van der Waals surface area contributed by atoms with Gasteiger partial charge in [-0.15, -0.1) is 0 Å². The van der Waals surface area contributed by atoms with Crippen LogP contribution in [0.3, 0.4) is 0 Å². The summed E-state index contributed by atoms with van der Waals surface area (Å²) in [6.45, 7) is 1.85. The van der Waals surface area contributed by atoms with Crippen molar-refractivity contribution in [3.63, 3.8) is 0 Å². The highest BCUT2D eigenvalue weighted by Gasteiger charge is 2.06. The normalized spacial score (nSPS) is 12.4. The van der Waals surface area contributed by atoms with E-state index in [-0.39, 0.29) is 12.6 Å². The first kappa shape index (κ1) is 11.0. The molecule has 0 radical (unpaired) electrons. The molecule has 76 valence electrons. The zero-order valence-electron chi connectivity index (χ0n) is 7.83. The van der Waals surface area contributed by atoms with Gasteiger partial charge in [-0.05, 0) is 24.6 Å². The van der Waals surface area contributed by atoms with E-state index in [9.17, 15) is 4.79 Å². The first-order valence-electron chi connectivity index (χ1n) is 4.30. The van der Waals surface area contributed by atoms with Crippen molar-refractivity contribution >= 4 is 17.6 Å². The molecular formula is C10H12ClNO2. The second-order valence-electron chi connectivity index (χ2n) is 3.05. The van der Waals surface area contributed by atoms with Crippen molar-refractivity contribution in [2.75, 3.05) is 6.54 Å². The Morgan fingerprint density at radius 1 is 1.64 bits per heavy atom. The summed E-state index contributed by atoms with van der Waals surface area (Å²) in [6.07, 6.45) is 0. The van der Waals surface area contributed by atoms with Gasteiger partial charge in [0.25, 0.3) is 0 Å². The Balaban J connectivity index is 2.60. The molecule has 0 heterocycles. The largest absolute Gasteiger partial charge is 0.480 e. The molecule has 0 saturated carbocycles. The molecule has 0 aromatic heterocycles. The van der Waals surface area contributed by atoms with Crippen molar-refractivity contribution in [3.8, 4) is 0 Å². The van der Waals surface area contributed by atoms with Crippen molar-refractivity contribution in [3.05, 3.63) is 34.9 Å². The zero-order chi connectivity index (χ0) is 10.6.